The fourth-order valence-corrected chi connectivity index (χ4v) is 4.37. The van der Waals surface area contributed by atoms with Crippen LogP contribution < -0.4 is 15.4 Å². The molecular weight excluding hydrogens is 449 g/mol. The second-order valence-electron chi connectivity index (χ2n) is 8.86. The van der Waals surface area contributed by atoms with Gasteiger partial charge in [0.2, 0.25) is 0 Å². The number of hydrogen-bond donors (Lipinski definition) is 3. The largest absolute Gasteiger partial charge is 0.490 e. The van der Waals surface area contributed by atoms with Crippen LogP contribution in [0.25, 0.3) is 11.0 Å². The first-order valence-electron chi connectivity index (χ1n) is 11.6. The molecule has 34 heavy (non-hydrogen) atoms. The van der Waals surface area contributed by atoms with Crippen LogP contribution >= 0.6 is 0 Å². The van der Waals surface area contributed by atoms with Crippen molar-refractivity contribution in [2.75, 3.05) is 11.9 Å². The number of rotatable bonds is 8. The van der Waals surface area contributed by atoms with Crippen molar-refractivity contribution in [2.24, 2.45) is 7.05 Å². The van der Waals surface area contributed by atoms with E-state index in [4.69, 9.17) is 4.74 Å². The van der Waals surface area contributed by atoms with E-state index in [9.17, 15) is 18.3 Å². The molecule has 4 rings (SSSR count). The summed E-state index contributed by atoms with van der Waals surface area (Å²) in [5.74, 6) is 1.44. The molecule has 1 atom stereocenters. The van der Waals surface area contributed by atoms with Crippen LogP contribution in [0.5, 0.6) is 5.75 Å². The number of aromatic nitrogens is 4. The Labute approximate surface area is 196 Å². The molecule has 0 spiro atoms. The summed E-state index contributed by atoms with van der Waals surface area (Å²) in [7, 11) is 1.92. The molecule has 1 fully saturated rings. The van der Waals surface area contributed by atoms with Gasteiger partial charge in [-0.2, -0.15) is 18.3 Å². The molecule has 3 N–H and O–H groups in total. The highest BCUT2D eigenvalue weighted by atomic mass is 19.4. The lowest BCUT2D eigenvalue weighted by Gasteiger charge is -2.30. The maximum atomic E-state index is 12.5. The van der Waals surface area contributed by atoms with E-state index in [2.05, 4.69) is 20.7 Å². The molecule has 0 aliphatic heterocycles. The van der Waals surface area contributed by atoms with Crippen molar-refractivity contribution < 1.29 is 23.0 Å². The van der Waals surface area contributed by atoms with Gasteiger partial charge in [-0.25, -0.2) is 4.98 Å². The first-order valence-corrected chi connectivity index (χ1v) is 11.6. The number of fused-ring (bicyclic) bond motifs is 1. The lowest BCUT2D eigenvalue weighted by atomic mass is 9.93. The average Bonchev–Trinajstić information content (AvgIpc) is 3.34. The van der Waals surface area contributed by atoms with Gasteiger partial charge < -0.3 is 25.0 Å². The van der Waals surface area contributed by atoms with E-state index < -0.39 is 18.8 Å². The average molecular weight is 481 g/mol. The Bertz CT molecular complexity index is 1120. The molecule has 1 aliphatic rings. The predicted octanol–water partition coefficient (Wildman–Crippen LogP) is 4.04. The number of halogens is 3. The van der Waals surface area contributed by atoms with Gasteiger partial charge in [-0.05, 0) is 39.5 Å². The van der Waals surface area contributed by atoms with Gasteiger partial charge in [-0.3, -0.25) is 4.68 Å². The Morgan fingerprint density at radius 1 is 1.21 bits per heavy atom. The molecular formula is C23H31F3N6O2. The van der Waals surface area contributed by atoms with E-state index in [1.807, 2.05) is 48.3 Å². The summed E-state index contributed by atoms with van der Waals surface area (Å²) in [6.45, 7) is 4.34. The number of aliphatic hydroxyl groups excluding tert-OH is 1. The Morgan fingerprint density at radius 2 is 1.94 bits per heavy atom. The minimum absolute atomic E-state index is 0.0364. The maximum absolute atomic E-state index is 12.5. The van der Waals surface area contributed by atoms with Gasteiger partial charge in [0.15, 0.2) is 11.9 Å². The zero-order valence-electron chi connectivity index (χ0n) is 19.6. The first kappa shape index (κ1) is 24.3. The molecule has 2 aromatic heterocycles. The smallest absolute Gasteiger partial charge is 0.415 e. The van der Waals surface area contributed by atoms with E-state index >= 15 is 0 Å². The third-order valence-electron chi connectivity index (χ3n) is 6.30. The Morgan fingerprint density at radius 3 is 2.59 bits per heavy atom. The van der Waals surface area contributed by atoms with Crippen LogP contribution in [0.3, 0.4) is 0 Å². The number of nitrogens with zero attached hydrogens (tertiary/aromatic N) is 4. The van der Waals surface area contributed by atoms with Crippen LogP contribution in [0, 0.1) is 6.92 Å². The molecule has 3 aromatic rings. The molecule has 0 saturated heterocycles. The van der Waals surface area contributed by atoms with Crippen LogP contribution in [-0.2, 0) is 13.6 Å². The number of anilines is 2. The van der Waals surface area contributed by atoms with Crippen molar-refractivity contribution >= 4 is 22.5 Å². The van der Waals surface area contributed by atoms with E-state index in [0.29, 0.717) is 31.4 Å². The minimum Gasteiger partial charge on any atom is -0.490 e. The minimum atomic E-state index is -4.60. The van der Waals surface area contributed by atoms with E-state index in [1.165, 1.54) is 0 Å². The van der Waals surface area contributed by atoms with E-state index in [1.54, 1.807) is 6.33 Å². The predicted molar refractivity (Wildman–Crippen MR) is 123 cm³/mol. The number of nitrogens with one attached hydrogen (secondary N) is 2. The fraction of sp³-hybridized carbons (Fsp3) is 0.565. The molecule has 0 unspecified atom stereocenters. The standard InChI is InChI=1S/C23H31F3N6O2/c1-4-32-14(2)9-21(30-32)29-18-10-17(11-19-22(18)28-13-31(19)3)34-16-7-5-15(6-8-16)27-12-20(33)23(24,25)26/h9-11,13,15-16,20,27,33H,4-8,12H2,1-3H3,(H,29,30)/t15?,16?,20-/m1/s1. The van der Waals surface area contributed by atoms with Crippen molar-refractivity contribution in [2.45, 2.75) is 70.5 Å². The van der Waals surface area contributed by atoms with Crippen LogP contribution in [0.4, 0.5) is 24.7 Å². The van der Waals surface area contributed by atoms with Crippen molar-refractivity contribution in [3.8, 4) is 5.75 Å². The van der Waals surface area contributed by atoms with Gasteiger partial charge in [-0.1, -0.05) is 0 Å². The monoisotopic (exact) mass is 480 g/mol. The third-order valence-corrected chi connectivity index (χ3v) is 6.30. The van der Waals surface area contributed by atoms with Crippen LogP contribution in [0.1, 0.15) is 38.3 Å². The molecule has 8 nitrogen and oxygen atoms in total. The number of imidazole rings is 1. The van der Waals surface area contributed by atoms with Gasteiger partial charge in [0, 0.05) is 50.1 Å². The molecule has 11 heteroatoms. The molecule has 0 radical (unpaired) electrons. The quantitative estimate of drug-likeness (QED) is 0.451. The summed E-state index contributed by atoms with van der Waals surface area (Å²) < 4.78 is 47.6. The Kier molecular flexibility index (Phi) is 7.04. The number of benzene rings is 1. The first-order chi connectivity index (χ1) is 16.1. The summed E-state index contributed by atoms with van der Waals surface area (Å²) in [5.41, 5.74) is 3.59. The van der Waals surface area contributed by atoms with Crippen LogP contribution in [0.15, 0.2) is 24.5 Å². The molecule has 1 aromatic carbocycles. The second-order valence-corrected chi connectivity index (χ2v) is 8.86. The topological polar surface area (TPSA) is 89.2 Å². The Hall–Kier alpha value is -2.79. The molecule has 1 saturated carbocycles. The number of hydrogen-bond acceptors (Lipinski definition) is 6. The normalized spacial score (nSPS) is 20.0. The van der Waals surface area contributed by atoms with Gasteiger partial charge in [0.25, 0.3) is 0 Å². The SMILES string of the molecule is CCn1nc(Nc2cc(OC3CCC(NC[C@@H](O)C(F)(F)F)CC3)cc3c2ncn3C)cc1C. The summed E-state index contributed by atoms with van der Waals surface area (Å²) in [6.07, 6.45) is -2.43. The maximum Gasteiger partial charge on any atom is 0.415 e. The molecule has 186 valence electrons. The molecule has 0 amide bonds. The van der Waals surface area contributed by atoms with Crippen molar-refractivity contribution in [3.05, 3.63) is 30.2 Å². The Balaban J connectivity index is 1.42. The lowest BCUT2D eigenvalue weighted by Crippen LogP contribution is -2.44. The van der Waals surface area contributed by atoms with Crippen molar-refractivity contribution in [3.63, 3.8) is 0 Å². The zero-order chi connectivity index (χ0) is 24.5. The highest BCUT2D eigenvalue weighted by Gasteiger charge is 2.38. The highest BCUT2D eigenvalue weighted by Crippen LogP contribution is 2.33. The molecule has 2 heterocycles. The van der Waals surface area contributed by atoms with Gasteiger partial charge >= 0.3 is 6.18 Å². The zero-order valence-corrected chi connectivity index (χ0v) is 19.6. The van der Waals surface area contributed by atoms with E-state index in [-0.39, 0.29) is 12.1 Å². The number of ether oxygens (including phenoxy) is 1. The van der Waals surface area contributed by atoms with Crippen molar-refractivity contribution in [1.29, 1.82) is 0 Å². The number of aliphatic hydroxyl groups is 1. The second kappa shape index (κ2) is 9.83. The third kappa shape index (κ3) is 5.47. The van der Waals surface area contributed by atoms with Gasteiger partial charge in [0.1, 0.15) is 11.3 Å². The van der Waals surface area contributed by atoms with Crippen LogP contribution in [0.2, 0.25) is 0 Å². The van der Waals surface area contributed by atoms with Crippen molar-refractivity contribution in [1.82, 2.24) is 24.6 Å². The number of alkyl halides is 3. The summed E-state index contributed by atoms with van der Waals surface area (Å²) in [6, 6.07) is 5.79. The number of aryl methyl sites for hydroxylation is 3. The highest BCUT2D eigenvalue weighted by molar-refractivity contribution is 5.91. The lowest BCUT2D eigenvalue weighted by molar-refractivity contribution is -0.202. The van der Waals surface area contributed by atoms with E-state index in [0.717, 1.165) is 34.8 Å². The van der Waals surface area contributed by atoms with Gasteiger partial charge in [-0.15, -0.1) is 0 Å². The van der Waals surface area contributed by atoms with Crippen LogP contribution in [-0.4, -0.2) is 55.4 Å². The molecule has 0 bridgehead atoms. The fourth-order valence-electron chi connectivity index (χ4n) is 4.37. The molecule has 1 aliphatic carbocycles. The summed E-state index contributed by atoms with van der Waals surface area (Å²) in [5, 5.41) is 20.0. The van der Waals surface area contributed by atoms with Gasteiger partial charge in [0.05, 0.1) is 23.6 Å². The summed E-state index contributed by atoms with van der Waals surface area (Å²) >= 11 is 0. The summed E-state index contributed by atoms with van der Waals surface area (Å²) in [4.78, 5) is 4.52.